The molecule has 1 fully saturated rings. The van der Waals surface area contributed by atoms with Crippen LogP contribution in [0.15, 0.2) is 29.4 Å². The maximum absolute atomic E-state index is 13.1. The van der Waals surface area contributed by atoms with Crippen LogP contribution in [0.25, 0.3) is 0 Å². The summed E-state index contributed by atoms with van der Waals surface area (Å²) in [6.45, 7) is 4.17. The molecular formula is C20H27FN4O2S. The summed E-state index contributed by atoms with van der Waals surface area (Å²) in [5, 5.41) is 12.7. The average molecular weight is 407 g/mol. The summed E-state index contributed by atoms with van der Waals surface area (Å²) in [7, 11) is 0. The van der Waals surface area contributed by atoms with Gasteiger partial charge in [0.25, 0.3) is 0 Å². The standard InChI is InChI=1S/C20H27FN4O2S/c1-14(2)27-19(26)13-28-20-24-23-18(25(20)17-6-4-3-5-7-17)12-22-16-10-8-15(21)9-11-16/h8-11,14,17,22H,3-7,12-13H2,1-2H3. The molecule has 1 aromatic carbocycles. The van der Waals surface area contributed by atoms with E-state index in [0.29, 0.717) is 12.6 Å². The SMILES string of the molecule is CC(C)OC(=O)CSc1nnc(CNc2ccc(F)cc2)n1C1CCCCC1. The molecule has 1 aromatic heterocycles. The largest absolute Gasteiger partial charge is 0.462 e. The van der Waals surface area contributed by atoms with Crippen LogP contribution in [-0.4, -0.2) is 32.6 Å². The number of nitrogens with one attached hydrogen (secondary N) is 1. The first-order chi connectivity index (χ1) is 13.5. The smallest absolute Gasteiger partial charge is 0.316 e. The molecular weight excluding hydrogens is 379 g/mol. The predicted octanol–water partition coefficient (Wildman–Crippen LogP) is 4.58. The minimum atomic E-state index is -0.261. The van der Waals surface area contributed by atoms with Gasteiger partial charge in [0.15, 0.2) is 11.0 Å². The zero-order chi connectivity index (χ0) is 19.9. The fourth-order valence-electron chi connectivity index (χ4n) is 3.40. The number of carbonyl (C=O) groups excluding carboxylic acids is 1. The fourth-order valence-corrected chi connectivity index (χ4v) is 4.21. The van der Waals surface area contributed by atoms with Crippen molar-refractivity contribution in [2.24, 2.45) is 0 Å². The third-order valence-electron chi connectivity index (χ3n) is 4.66. The number of nitrogens with zero attached hydrogens (tertiary/aromatic N) is 3. The Morgan fingerprint density at radius 2 is 1.96 bits per heavy atom. The molecule has 1 aliphatic rings. The van der Waals surface area contributed by atoms with E-state index in [1.54, 1.807) is 12.1 Å². The van der Waals surface area contributed by atoms with Crippen LogP contribution in [-0.2, 0) is 16.1 Å². The minimum Gasteiger partial charge on any atom is -0.462 e. The second-order valence-corrected chi connectivity index (χ2v) is 8.19. The summed E-state index contributed by atoms with van der Waals surface area (Å²) < 4.78 is 20.5. The van der Waals surface area contributed by atoms with Crippen LogP contribution in [0.5, 0.6) is 0 Å². The zero-order valence-electron chi connectivity index (χ0n) is 16.4. The number of esters is 1. The van der Waals surface area contributed by atoms with Gasteiger partial charge in [0.2, 0.25) is 0 Å². The Morgan fingerprint density at radius 3 is 2.64 bits per heavy atom. The van der Waals surface area contributed by atoms with Gasteiger partial charge in [-0.2, -0.15) is 0 Å². The number of thioether (sulfide) groups is 1. The van der Waals surface area contributed by atoms with E-state index < -0.39 is 0 Å². The Balaban J connectivity index is 1.72. The topological polar surface area (TPSA) is 69.0 Å². The molecule has 0 atom stereocenters. The van der Waals surface area contributed by atoms with Crippen molar-refractivity contribution < 1.29 is 13.9 Å². The summed E-state index contributed by atoms with van der Waals surface area (Å²) in [4.78, 5) is 11.9. The van der Waals surface area contributed by atoms with Crippen molar-refractivity contribution in [2.75, 3.05) is 11.1 Å². The first kappa shape index (κ1) is 20.6. The highest BCUT2D eigenvalue weighted by Gasteiger charge is 2.23. The minimum absolute atomic E-state index is 0.125. The van der Waals surface area contributed by atoms with Crippen LogP contribution in [0, 0.1) is 5.82 Å². The highest BCUT2D eigenvalue weighted by atomic mass is 32.2. The molecule has 3 rings (SSSR count). The van der Waals surface area contributed by atoms with Crippen molar-refractivity contribution in [2.45, 2.75) is 69.8 Å². The highest BCUT2D eigenvalue weighted by molar-refractivity contribution is 7.99. The van der Waals surface area contributed by atoms with Crippen molar-refractivity contribution in [1.82, 2.24) is 14.8 Å². The number of anilines is 1. The number of carbonyl (C=O) groups is 1. The monoisotopic (exact) mass is 406 g/mol. The Labute approximate surface area is 169 Å². The van der Waals surface area contributed by atoms with Crippen molar-refractivity contribution in [1.29, 1.82) is 0 Å². The number of ether oxygens (including phenoxy) is 1. The number of aromatic nitrogens is 3. The van der Waals surface area contributed by atoms with E-state index in [-0.39, 0.29) is 23.6 Å². The highest BCUT2D eigenvalue weighted by Crippen LogP contribution is 2.33. The molecule has 0 bridgehead atoms. The van der Waals surface area contributed by atoms with Crippen LogP contribution < -0.4 is 5.32 Å². The average Bonchev–Trinajstić information content (AvgIpc) is 3.09. The maximum atomic E-state index is 13.1. The van der Waals surface area contributed by atoms with Crippen molar-refractivity contribution in [3.8, 4) is 0 Å². The van der Waals surface area contributed by atoms with Crippen LogP contribution in [0.4, 0.5) is 10.1 Å². The van der Waals surface area contributed by atoms with Crippen LogP contribution in [0.1, 0.15) is 57.8 Å². The quantitative estimate of drug-likeness (QED) is 0.511. The lowest BCUT2D eigenvalue weighted by molar-refractivity contribution is -0.144. The van der Waals surface area contributed by atoms with Crippen LogP contribution in [0.2, 0.25) is 0 Å². The van der Waals surface area contributed by atoms with E-state index in [9.17, 15) is 9.18 Å². The molecule has 8 heteroatoms. The van der Waals surface area contributed by atoms with Gasteiger partial charge >= 0.3 is 5.97 Å². The molecule has 1 N–H and O–H groups in total. The number of halogens is 1. The molecule has 0 spiro atoms. The molecule has 0 amide bonds. The third-order valence-corrected chi connectivity index (χ3v) is 5.57. The first-order valence-corrected chi connectivity index (χ1v) is 10.8. The lowest BCUT2D eigenvalue weighted by Gasteiger charge is -2.25. The molecule has 152 valence electrons. The van der Waals surface area contributed by atoms with Gasteiger partial charge < -0.3 is 14.6 Å². The molecule has 28 heavy (non-hydrogen) atoms. The van der Waals surface area contributed by atoms with Crippen LogP contribution in [0.3, 0.4) is 0 Å². The molecule has 1 saturated carbocycles. The second-order valence-electron chi connectivity index (χ2n) is 7.25. The van der Waals surface area contributed by atoms with E-state index in [0.717, 1.165) is 29.5 Å². The Bertz CT molecular complexity index is 773. The predicted molar refractivity (Wildman–Crippen MR) is 108 cm³/mol. The molecule has 2 aromatic rings. The molecule has 1 aliphatic carbocycles. The maximum Gasteiger partial charge on any atom is 0.316 e. The van der Waals surface area contributed by atoms with Gasteiger partial charge in [-0.15, -0.1) is 10.2 Å². The first-order valence-electron chi connectivity index (χ1n) is 9.78. The van der Waals surface area contributed by atoms with Gasteiger partial charge in [0.1, 0.15) is 5.82 Å². The Kier molecular flexibility index (Phi) is 7.30. The van der Waals surface area contributed by atoms with E-state index in [2.05, 4.69) is 20.1 Å². The number of rotatable bonds is 8. The Hall–Kier alpha value is -2.09. The lowest BCUT2D eigenvalue weighted by atomic mass is 9.95. The van der Waals surface area contributed by atoms with E-state index >= 15 is 0 Å². The number of hydrogen-bond acceptors (Lipinski definition) is 6. The Morgan fingerprint density at radius 1 is 1.25 bits per heavy atom. The van der Waals surface area contributed by atoms with Gasteiger partial charge in [-0.3, -0.25) is 4.79 Å². The van der Waals surface area contributed by atoms with Crippen molar-refractivity contribution >= 4 is 23.4 Å². The fraction of sp³-hybridized carbons (Fsp3) is 0.550. The number of benzene rings is 1. The summed E-state index contributed by atoms with van der Waals surface area (Å²) >= 11 is 1.37. The normalized spacial score (nSPS) is 15.0. The van der Waals surface area contributed by atoms with Crippen LogP contribution >= 0.6 is 11.8 Å². The summed E-state index contributed by atoms with van der Waals surface area (Å²) in [6, 6.07) is 6.60. The lowest BCUT2D eigenvalue weighted by Crippen LogP contribution is -2.19. The molecule has 0 aliphatic heterocycles. The molecule has 6 nitrogen and oxygen atoms in total. The molecule has 0 radical (unpaired) electrons. The zero-order valence-corrected chi connectivity index (χ0v) is 17.2. The molecule has 1 heterocycles. The van der Waals surface area contributed by atoms with E-state index in [4.69, 9.17) is 4.74 Å². The van der Waals surface area contributed by atoms with Crippen molar-refractivity contribution in [3.05, 3.63) is 35.9 Å². The van der Waals surface area contributed by atoms with E-state index in [1.165, 1.54) is 43.2 Å². The summed E-state index contributed by atoms with van der Waals surface area (Å²) in [5.74, 6) is 0.539. The molecule has 0 saturated heterocycles. The number of hydrogen-bond donors (Lipinski definition) is 1. The summed E-state index contributed by atoms with van der Waals surface area (Å²) in [6.07, 6.45) is 5.68. The van der Waals surface area contributed by atoms with Gasteiger partial charge in [-0.1, -0.05) is 31.0 Å². The molecule has 0 unspecified atom stereocenters. The van der Waals surface area contributed by atoms with Gasteiger partial charge in [0, 0.05) is 11.7 Å². The second kappa shape index (κ2) is 9.91. The van der Waals surface area contributed by atoms with Crippen molar-refractivity contribution in [3.63, 3.8) is 0 Å². The third kappa shape index (κ3) is 5.70. The van der Waals surface area contributed by atoms with Gasteiger partial charge in [0.05, 0.1) is 18.4 Å². The summed E-state index contributed by atoms with van der Waals surface area (Å²) in [5.41, 5.74) is 0.828. The van der Waals surface area contributed by atoms with Gasteiger partial charge in [-0.05, 0) is 51.0 Å². The van der Waals surface area contributed by atoms with Gasteiger partial charge in [-0.25, -0.2) is 4.39 Å². The van der Waals surface area contributed by atoms with E-state index in [1.807, 2.05) is 13.8 Å².